The fraction of sp³-hybridized carbons (Fsp3) is 0.320. The van der Waals surface area contributed by atoms with Crippen molar-refractivity contribution in [1.29, 1.82) is 0 Å². The molecule has 4 aromatic heterocycles. The molecular formula is C25H26N6O3S. The summed E-state index contributed by atoms with van der Waals surface area (Å²) in [5, 5.41) is 0.587. The summed E-state index contributed by atoms with van der Waals surface area (Å²) in [5.41, 5.74) is 0.451. The van der Waals surface area contributed by atoms with Gasteiger partial charge in [-0.3, -0.25) is 23.7 Å². The van der Waals surface area contributed by atoms with Crippen LogP contribution in [0, 0.1) is 0 Å². The number of aromatic nitrogens is 6. The van der Waals surface area contributed by atoms with Crippen molar-refractivity contribution in [1.82, 2.24) is 28.7 Å². The van der Waals surface area contributed by atoms with Crippen LogP contribution in [0.4, 0.5) is 0 Å². The topological polar surface area (TPSA) is 108 Å². The third-order valence-electron chi connectivity index (χ3n) is 6.11. The summed E-state index contributed by atoms with van der Waals surface area (Å²) in [7, 11) is 0. The number of H-pyrrole nitrogens is 1. The molecule has 0 radical (unpaired) electrons. The zero-order chi connectivity index (χ0) is 24.5. The number of unbranched alkanes of at least 4 members (excludes halogenated alkanes) is 1. The highest BCUT2D eigenvalue weighted by molar-refractivity contribution is 7.18. The summed E-state index contributed by atoms with van der Waals surface area (Å²) in [6.07, 6.45) is 4.12. The second kappa shape index (κ2) is 9.46. The maximum absolute atomic E-state index is 13.2. The molecule has 35 heavy (non-hydrogen) atoms. The molecule has 0 unspecified atom stereocenters. The number of aryl methyl sites for hydroxylation is 2. The van der Waals surface area contributed by atoms with Crippen molar-refractivity contribution >= 4 is 32.7 Å². The standard InChI is InChI=1S/C25H26N6O3S/c1-3-5-11-30-19(14-29-15-26-23-18(24(29)33)12-17(4-2)35-23)27-21-20(30)22(32)28-25(34)31(21)13-16-9-7-6-8-10-16/h6-10,12,15H,3-5,11,13-14H2,1-2H3,(H,28,32,34). The predicted octanol–water partition coefficient (Wildman–Crippen LogP) is 3.12. The van der Waals surface area contributed by atoms with E-state index in [0.29, 0.717) is 28.9 Å². The Hall–Kier alpha value is -3.79. The largest absolute Gasteiger partial charge is 0.330 e. The highest BCUT2D eigenvalue weighted by Crippen LogP contribution is 2.21. The number of benzene rings is 1. The van der Waals surface area contributed by atoms with Crippen LogP contribution in [0.3, 0.4) is 0 Å². The van der Waals surface area contributed by atoms with Crippen molar-refractivity contribution in [3.05, 3.63) is 90.2 Å². The number of imidazole rings is 1. The summed E-state index contributed by atoms with van der Waals surface area (Å²) < 4.78 is 4.83. The second-order valence-corrected chi connectivity index (χ2v) is 9.61. The number of thiophene rings is 1. The Labute approximate surface area is 204 Å². The summed E-state index contributed by atoms with van der Waals surface area (Å²) in [5.74, 6) is 0.542. The molecule has 5 aromatic rings. The minimum absolute atomic E-state index is 0.143. The number of hydrogen-bond donors (Lipinski definition) is 1. The van der Waals surface area contributed by atoms with Crippen molar-refractivity contribution in [2.45, 2.75) is 52.7 Å². The van der Waals surface area contributed by atoms with E-state index in [2.05, 4.69) is 16.9 Å². The van der Waals surface area contributed by atoms with Crippen LogP contribution in [-0.2, 0) is 26.1 Å². The van der Waals surface area contributed by atoms with Crippen LogP contribution in [0.15, 0.2) is 57.1 Å². The van der Waals surface area contributed by atoms with Gasteiger partial charge in [0.05, 0.1) is 24.8 Å². The van der Waals surface area contributed by atoms with Gasteiger partial charge in [-0.15, -0.1) is 11.3 Å². The van der Waals surface area contributed by atoms with Gasteiger partial charge in [0.1, 0.15) is 10.7 Å². The SMILES string of the molecule is CCCCn1c(Cn2cnc3sc(CC)cc3c2=O)nc2c1c(=O)[nH]c(=O)n2Cc1ccccc1. The van der Waals surface area contributed by atoms with Gasteiger partial charge >= 0.3 is 5.69 Å². The number of hydrogen-bond acceptors (Lipinski definition) is 6. The molecule has 1 N–H and O–H groups in total. The second-order valence-electron chi connectivity index (χ2n) is 8.50. The molecule has 9 nitrogen and oxygen atoms in total. The van der Waals surface area contributed by atoms with E-state index in [4.69, 9.17) is 4.98 Å². The quantitative estimate of drug-likeness (QED) is 0.360. The Kier molecular flexibility index (Phi) is 6.21. The van der Waals surface area contributed by atoms with Gasteiger partial charge in [-0.25, -0.2) is 14.8 Å². The van der Waals surface area contributed by atoms with Crippen molar-refractivity contribution in [2.75, 3.05) is 0 Å². The van der Waals surface area contributed by atoms with Crippen LogP contribution >= 0.6 is 11.3 Å². The molecule has 0 aliphatic rings. The number of rotatable bonds is 8. The van der Waals surface area contributed by atoms with Gasteiger partial charge in [-0.1, -0.05) is 50.6 Å². The van der Waals surface area contributed by atoms with Gasteiger partial charge in [0, 0.05) is 11.4 Å². The Morgan fingerprint density at radius 3 is 2.57 bits per heavy atom. The fourth-order valence-electron chi connectivity index (χ4n) is 4.26. The zero-order valence-corrected chi connectivity index (χ0v) is 20.5. The van der Waals surface area contributed by atoms with E-state index in [0.717, 1.165) is 34.5 Å². The molecule has 10 heteroatoms. The van der Waals surface area contributed by atoms with Gasteiger partial charge < -0.3 is 4.57 Å². The van der Waals surface area contributed by atoms with Crippen LogP contribution in [0.1, 0.15) is 43.0 Å². The Morgan fingerprint density at radius 2 is 1.83 bits per heavy atom. The Bertz CT molecular complexity index is 1690. The molecule has 0 saturated heterocycles. The Morgan fingerprint density at radius 1 is 1.03 bits per heavy atom. The van der Waals surface area contributed by atoms with E-state index < -0.39 is 11.2 Å². The molecule has 0 amide bonds. The highest BCUT2D eigenvalue weighted by atomic mass is 32.1. The first-order chi connectivity index (χ1) is 17.0. The lowest BCUT2D eigenvalue weighted by Gasteiger charge is -2.10. The number of nitrogens with zero attached hydrogens (tertiary/aromatic N) is 5. The van der Waals surface area contributed by atoms with E-state index in [1.54, 1.807) is 0 Å². The van der Waals surface area contributed by atoms with Gasteiger partial charge in [0.2, 0.25) is 0 Å². The van der Waals surface area contributed by atoms with Gasteiger partial charge in [-0.2, -0.15) is 0 Å². The minimum atomic E-state index is -0.510. The zero-order valence-electron chi connectivity index (χ0n) is 19.7. The molecule has 180 valence electrons. The monoisotopic (exact) mass is 490 g/mol. The normalized spacial score (nSPS) is 11.6. The molecule has 0 aliphatic carbocycles. The van der Waals surface area contributed by atoms with Crippen molar-refractivity contribution in [3.63, 3.8) is 0 Å². The van der Waals surface area contributed by atoms with Gasteiger partial charge in [0.15, 0.2) is 11.2 Å². The lowest BCUT2D eigenvalue weighted by molar-refractivity contribution is 0.590. The molecular weight excluding hydrogens is 464 g/mol. The first-order valence-corrected chi connectivity index (χ1v) is 12.6. The van der Waals surface area contributed by atoms with Crippen molar-refractivity contribution in [3.8, 4) is 0 Å². The molecule has 0 bridgehead atoms. The molecule has 0 saturated carbocycles. The van der Waals surface area contributed by atoms with Crippen LogP contribution in [0.5, 0.6) is 0 Å². The summed E-state index contributed by atoms with van der Waals surface area (Å²) >= 11 is 1.52. The summed E-state index contributed by atoms with van der Waals surface area (Å²) in [6, 6.07) is 11.4. The fourth-order valence-corrected chi connectivity index (χ4v) is 5.18. The lowest BCUT2D eigenvalue weighted by atomic mass is 10.2. The van der Waals surface area contributed by atoms with Crippen LogP contribution in [-0.4, -0.2) is 28.7 Å². The molecule has 5 rings (SSSR count). The minimum Gasteiger partial charge on any atom is -0.321 e. The predicted molar refractivity (Wildman–Crippen MR) is 137 cm³/mol. The maximum atomic E-state index is 13.2. The van der Waals surface area contributed by atoms with Crippen molar-refractivity contribution < 1.29 is 0 Å². The Balaban J connectivity index is 1.67. The summed E-state index contributed by atoms with van der Waals surface area (Å²) in [4.78, 5) is 52.4. The third-order valence-corrected chi connectivity index (χ3v) is 7.30. The molecule has 4 heterocycles. The smallest absolute Gasteiger partial charge is 0.321 e. The first-order valence-electron chi connectivity index (χ1n) is 11.7. The highest BCUT2D eigenvalue weighted by Gasteiger charge is 2.20. The van der Waals surface area contributed by atoms with Crippen molar-refractivity contribution in [2.24, 2.45) is 0 Å². The van der Waals surface area contributed by atoms with E-state index in [9.17, 15) is 14.4 Å². The molecule has 0 fully saturated rings. The first kappa shape index (κ1) is 23.0. The van der Waals surface area contributed by atoms with Crippen LogP contribution in [0.2, 0.25) is 0 Å². The number of aromatic amines is 1. The molecule has 1 aromatic carbocycles. The van der Waals surface area contributed by atoms with Gasteiger partial charge in [-0.05, 0) is 24.5 Å². The van der Waals surface area contributed by atoms with Crippen LogP contribution in [0.25, 0.3) is 21.4 Å². The molecule has 0 spiro atoms. The number of fused-ring (bicyclic) bond motifs is 2. The van der Waals surface area contributed by atoms with Crippen LogP contribution < -0.4 is 16.8 Å². The van der Waals surface area contributed by atoms with E-state index >= 15 is 0 Å². The lowest BCUT2D eigenvalue weighted by Crippen LogP contribution is -2.31. The van der Waals surface area contributed by atoms with Gasteiger partial charge in [0.25, 0.3) is 11.1 Å². The molecule has 0 atom stereocenters. The van der Waals surface area contributed by atoms with E-state index in [-0.39, 0.29) is 18.6 Å². The summed E-state index contributed by atoms with van der Waals surface area (Å²) in [6.45, 7) is 5.10. The van der Waals surface area contributed by atoms with E-state index in [1.165, 1.54) is 26.8 Å². The number of nitrogens with one attached hydrogen (secondary N) is 1. The third kappa shape index (κ3) is 4.25. The molecule has 0 aliphatic heterocycles. The van der Waals surface area contributed by atoms with E-state index in [1.807, 2.05) is 47.9 Å². The average molecular weight is 491 g/mol. The maximum Gasteiger partial charge on any atom is 0.330 e. The average Bonchev–Trinajstić information content (AvgIpc) is 3.45.